The highest BCUT2D eigenvalue weighted by atomic mass is 35.5. The number of aryl methyl sites for hydroxylation is 1. The maximum atomic E-state index is 12.1. The van der Waals surface area contributed by atoms with Crippen LogP contribution in [-0.4, -0.2) is 19.1 Å². The Balaban J connectivity index is 1.71. The fraction of sp³-hybridized carbons (Fsp3) is 0.278. The van der Waals surface area contributed by atoms with Gasteiger partial charge in [-0.15, -0.1) is 0 Å². The second kappa shape index (κ2) is 9.59. The summed E-state index contributed by atoms with van der Waals surface area (Å²) in [5, 5.41) is 3.97. The van der Waals surface area contributed by atoms with Gasteiger partial charge in [-0.05, 0) is 48.2 Å². The van der Waals surface area contributed by atoms with Crippen molar-refractivity contribution in [2.24, 2.45) is 0 Å². The van der Waals surface area contributed by atoms with Crippen LogP contribution < -0.4 is 10.1 Å². The first kappa shape index (κ1) is 19.5. The predicted molar refractivity (Wildman–Crippen MR) is 94.6 cm³/mol. The second-order valence-electron chi connectivity index (χ2n) is 5.36. The molecule has 0 atom stereocenters. The van der Waals surface area contributed by atoms with Gasteiger partial charge in [0.1, 0.15) is 5.75 Å². The fourth-order valence-corrected chi connectivity index (χ4v) is 2.75. The number of halogens is 4. The lowest BCUT2D eigenvalue weighted by Crippen LogP contribution is -2.25. The van der Waals surface area contributed by atoms with E-state index in [2.05, 4.69) is 10.1 Å². The lowest BCUT2D eigenvalue weighted by atomic mass is 10.1. The number of rotatable bonds is 8. The van der Waals surface area contributed by atoms with Crippen molar-refractivity contribution in [3.8, 4) is 5.75 Å². The molecule has 3 nitrogen and oxygen atoms in total. The van der Waals surface area contributed by atoms with Gasteiger partial charge in [-0.3, -0.25) is 4.79 Å². The molecule has 1 N–H and O–H groups in total. The van der Waals surface area contributed by atoms with Crippen LogP contribution in [0.4, 0.5) is 8.78 Å². The van der Waals surface area contributed by atoms with Gasteiger partial charge in [0, 0.05) is 23.0 Å². The Kier molecular flexibility index (Phi) is 7.47. The van der Waals surface area contributed by atoms with E-state index in [-0.39, 0.29) is 11.7 Å². The molecule has 0 aliphatic rings. The van der Waals surface area contributed by atoms with Crippen molar-refractivity contribution in [3.05, 3.63) is 63.6 Å². The standard InChI is InChI=1S/C18H17Cl2F2NO2/c19-14-5-4-13(16(20)11-14)9-10-23-17(24)8-3-12-1-6-15(7-2-12)25-18(21)22/h1-2,4-7,11,18H,3,8-10H2,(H,23,24). The van der Waals surface area contributed by atoms with Crippen LogP contribution >= 0.6 is 23.2 Å². The maximum absolute atomic E-state index is 12.1. The molecule has 0 radical (unpaired) electrons. The molecule has 0 fully saturated rings. The van der Waals surface area contributed by atoms with Gasteiger partial charge in [-0.25, -0.2) is 0 Å². The average Bonchev–Trinajstić information content (AvgIpc) is 2.56. The number of carbonyl (C=O) groups is 1. The van der Waals surface area contributed by atoms with Gasteiger partial charge in [0.2, 0.25) is 5.91 Å². The minimum absolute atomic E-state index is 0.0852. The van der Waals surface area contributed by atoms with Gasteiger partial charge >= 0.3 is 6.61 Å². The Morgan fingerprint density at radius 1 is 1.08 bits per heavy atom. The van der Waals surface area contributed by atoms with Crippen LogP contribution in [0.3, 0.4) is 0 Å². The van der Waals surface area contributed by atoms with Crippen molar-refractivity contribution in [3.63, 3.8) is 0 Å². The summed E-state index contributed by atoms with van der Waals surface area (Å²) < 4.78 is 28.4. The topological polar surface area (TPSA) is 38.3 Å². The van der Waals surface area contributed by atoms with E-state index in [1.54, 1.807) is 24.3 Å². The number of alkyl halides is 2. The number of hydrogen-bond acceptors (Lipinski definition) is 2. The summed E-state index contributed by atoms with van der Waals surface area (Å²) in [6.07, 6.45) is 1.44. The SMILES string of the molecule is O=C(CCc1ccc(OC(F)F)cc1)NCCc1ccc(Cl)cc1Cl. The molecule has 0 saturated carbocycles. The number of hydrogen-bond donors (Lipinski definition) is 1. The molecule has 25 heavy (non-hydrogen) atoms. The third-order valence-electron chi connectivity index (χ3n) is 3.52. The molecule has 0 bridgehead atoms. The summed E-state index contributed by atoms with van der Waals surface area (Å²) in [4.78, 5) is 11.9. The van der Waals surface area contributed by atoms with Crippen LogP contribution in [0.5, 0.6) is 5.75 Å². The molecular formula is C18H17Cl2F2NO2. The van der Waals surface area contributed by atoms with Crippen molar-refractivity contribution in [2.75, 3.05) is 6.54 Å². The van der Waals surface area contributed by atoms with Crippen LogP contribution in [0.2, 0.25) is 10.0 Å². The Bertz CT molecular complexity index is 709. The van der Waals surface area contributed by atoms with Gasteiger partial charge in [0.05, 0.1) is 0 Å². The first-order chi connectivity index (χ1) is 11.9. The van der Waals surface area contributed by atoms with Crippen LogP contribution in [-0.2, 0) is 17.6 Å². The molecule has 0 spiro atoms. The van der Waals surface area contributed by atoms with Gasteiger partial charge in [0.15, 0.2) is 0 Å². The zero-order valence-electron chi connectivity index (χ0n) is 13.3. The largest absolute Gasteiger partial charge is 0.435 e. The summed E-state index contributed by atoms with van der Waals surface area (Å²) in [7, 11) is 0. The normalized spacial score (nSPS) is 10.8. The van der Waals surface area contributed by atoms with E-state index in [4.69, 9.17) is 23.2 Å². The van der Waals surface area contributed by atoms with Gasteiger partial charge in [-0.1, -0.05) is 41.4 Å². The lowest BCUT2D eigenvalue weighted by Gasteiger charge is -2.08. The molecule has 2 aromatic carbocycles. The first-order valence-electron chi connectivity index (χ1n) is 7.68. The van der Waals surface area contributed by atoms with Gasteiger partial charge in [0.25, 0.3) is 0 Å². The number of carbonyl (C=O) groups excluding carboxylic acids is 1. The van der Waals surface area contributed by atoms with E-state index in [9.17, 15) is 13.6 Å². The Morgan fingerprint density at radius 2 is 1.80 bits per heavy atom. The molecule has 7 heteroatoms. The Labute approximate surface area is 154 Å². The average molecular weight is 388 g/mol. The molecular weight excluding hydrogens is 371 g/mol. The molecule has 1 amide bonds. The molecule has 2 aromatic rings. The van der Waals surface area contributed by atoms with E-state index in [1.165, 1.54) is 12.1 Å². The first-order valence-corrected chi connectivity index (χ1v) is 8.44. The van der Waals surface area contributed by atoms with E-state index in [0.717, 1.165) is 11.1 Å². The van der Waals surface area contributed by atoms with E-state index >= 15 is 0 Å². The smallest absolute Gasteiger partial charge is 0.387 e. The zero-order chi connectivity index (χ0) is 18.2. The van der Waals surface area contributed by atoms with E-state index in [0.29, 0.717) is 35.9 Å². The summed E-state index contributed by atoms with van der Waals surface area (Å²) in [5.74, 6) is 0.0148. The highest BCUT2D eigenvalue weighted by Gasteiger charge is 2.06. The summed E-state index contributed by atoms with van der Waals surface area (Å²) in [6, 6.07) is 11.5. The monoisotopic (exact) mass is 387 g/mol. The molecule has 0 aromatic heterocycles. The number of amides is 1. The highest BCUT2D eigenvalue weighted by Crippen LogP contribution is 2.21. The number of nitrogens with one attached hydrogen (secondary N) is 1. The molecule has 0 saturated heterocycles. The highest BCUT2D eigenvalue weighted by molar-refractivity contribution is 6.35. The third-order valence-corrected chi connectivity index (χ3v) is 4.11. The fourth-order valence-electron chi connectivity index (χ4n) is 2.24. The van der Waals surface area contributed by atoms with Crippen molar-refractivity contribution in [1.29, 1.82) is 0 Å². The summed E-state index contributed by atoms with van der Waals surface area (Å²) in [6.45, 7) is -2.37. The number of benzene rings is 2. The zero-order valence-corrected chi connectivity index (χ0v) is 14.8. The maximum Gasteiger partial charge on any atom is 0.387 e. The molecule has 134 valence electrons. The molecule has 0 aliphatic carbocycles. The summed E-state index contributed by atoms with van der Waals surface area (Å²) >= 11 is 11.9. The van der Waals surface area contributed by atoms with Gasteiger partial charge in [-0.2, -0.15) is 8.78 Å². The van der Waals surface area contributed by atoms with Crippen molar-refractivity contribution in [2.45, 2.75) is 25.9 Å². The minimum Gasteiger partial charge on any atom is -0.435 e. The molecule has 0 heterocycles. The predicted octanol–water partition coefficient (Wildman–Crippen LogP) is 4.89. The minimum atomic E-state index is -2.84. The lowest BCUT2D eigenvalue weighted by molar-refractivity contribution is -0.121. The van der Waals surface area contributed by atoms with E-state index in [1.807, 2.05) is 6.07 Å². The Morgan fingerprint density at radius 3 is 2.44 bits per heavy atom. The third kappa shape index (κ3) is 6.88. The van der Waals surface area contributed by atoms with Crippen LogP contribution in [0.25, 0.3) is 0 Å². The van der Waals surface area contributed by atoms with Crippen molar-refractivity contribution < 1.29 is 18.3 Å². The molecule has 2 rings (SSSR count). The Hall–Kier alpha value is -1.85. The van der Waals surface area contributed by atoms with Crippen LogP contribution in [0.1, 0.15) is 17.5 Å². The van der Waals surface area contributed by atoms with Crippen LogP contribution in [0, 0.1) is 0 Å². The summed E-state index contributed by atoms with van der Waals surface area (Å²) in [5.41, 5.74) is 1.79. The van der Waals surface area contributed by atoms with Crippen LogP contribution in [0.15, 0.2) is 42.5 Å². The second-order valence-corrected chi connectivity index (χ2v) is 6.20. The van der Waals surface area contributed by atoms with Crippen molar-refractivity contribution >= 4 is 29.1 Å². The molecule has 0 unspecified atom stereocenters. The van der Waals surface area contributed by atoms with Gasteiger partial charge < -0.3 is 10.1 Å². The van der Waals surface area contributed by atoms with Crippen molar-refractivity contribution in [1.82, 2.24) is 5.32 Å². The molecule has 0 aliphatic heterocycles. The number of ether oxygens (including phenoxy) is 1. The van der Waals surface area contributed by atoms with E-state index < -0.39 is 6.61 Å². The quantitative estimate of drug-likeness (QED) is 0.700.